The van der Waals surface area contributed by atoms with E-state index >= 15 is 0 Å². The normalized spacial score (nSPS) is 22.1. The Balaban J connectivity index is 1.16. The zero-order valence-electron chi connectivity index (χ0n) is 20.1. The van der Waals surface area contributed by atoms with Gasteiger partial charge in [0, 0.05) is 17.4 Å². The van der Waals surface area contributed by atoms with Crippen molar-refractivity contribution in [1.29, 1.82) is 5.26 Å². The summed E-state index contributed by atoms with van der Waals surface area (Å²) in [7, 11) is 0. The van der Waals surface area contributed by atoms with Crippen LogP contribution < -0.4 is 0 Å². The molecule has 2 atom stereocenters. The minimum absolute atomic E-state index is 0.0298. The first-order chi connectivity index (χ1) is 18.0. The summed E-state index contributed by atoms with van der Waals surface area (Å²) in [6.07, 6.45) is 0.443. The lowest BCUT2D eigenvalue weighted by molar-refractivity contribution is -0.0747. The van der Waals surface area contributed by atoms with E-state index < -0.39 is 11.9 Å². The van der Waals surface area contributed by atoms with Gasteiger partial charge in [0.15, 0.2) is 5.78 Å². The molecule has 0 aromatic heterocycles. The maximum atomic E-state index is 14.1. The van der Waals surface area contributed by atoms with Gasteiger partial charge >= 0.3 is 6.09 Å². The van der Waals surface area contributed by atoms with Crippen LogP contribution in [0.5, 0.6) is 0 Å². The fraction of sp³-hybridized carbons (Fsp3) is 0.300. The number of benzene rings is 3. The summed E-state index contributed by atoms with van der Waals surface area (Å²) in [6.45, 7) is 0.884. The number of hydrogen-bond donors (Lipinski definition) is 0. The van der Waals surface area contributed by atoms with Crippen molar-refractivity contribution >= 4 is 11.9 Å². The zero-order chi connectivity index (χ0) is 25.5. The number of carbonyl (C=O) groups is 2. The molecule has 0 spiro atoms. The summed E-state index contributed by atoms with van der Waals surface area (Å²) in [5.74, 6) is -1.26. The van der Waals surface area contributed by atoms with E-state index in [1.165, 1.54) is 23.3 Å². The van der Waals surface area contributed by atoms with Gasteiger partial charge in [-0.05, 0) is 53.3 Å². The van der Waals surface area contributed by atoms with Gasteiger partial charge in [0.1, 0.15) is 18.5 Å². The van der Waals surface area contributed by atoms with E-state index in [4.69, 9.17) is 14.7 Å². The number of nitriles is 1. The number of ether oxygens (including phenoxy) is 2. The van der Waals surface area contributed by atoms with Crippen LogP contribution in [0.2, 0.25) is 0 Å². The van der Waals surface area contributed by atoms with Gasteiger partial charge in [-0.3, -0.25) is 9.69 Å². The Kier molecular flexibility index (Phi) is 5.97. The Morgan fingerprint density at radius 1 is 0.973 bits per heavy atom. The molecule has 0 saturated carbocycles. The number of fused-ring (bicyclic) bond motifs is 5. The molecular weight excluding hydrogens is 471 g/mol. The van der Waals surface area contributed by atoms with Crippen molar-refractivity contribution in [2.24, 2.45) is 5.92 Å². The van der Waals surface area contributed by atoms with Crippen LogP contribution in [-0.2, 0) is 9.47 Å². The summed E-state index contributed by atoms with van der Waals surface area (Å²) in [4.78, 5) is 28.2. The molecule has 37 heavy (non-hydrogen) atoms. The van der Waals surface area contributed by atoms with E-state index in [1.54, 1.807) is 11.0 Å². The molecule has 7 heteroatoms. The Morgan fingerprint density at radius 2 is 1.59 bits per heavy atom. The molecule has 2 unspecified atom stereocenters. The molecule has 3 aromatic carbocycles. The first-order valence-corrected chi connectivity index (χ1v) is 12.5. The first kappa shape index (κ1) is 23.4. The quantitative estimate of drug-likeness (QED) is 0.458. The van der Waals surface area contributed by atoms with Crippen LogP contribution in [0.15, 0.2) is 66.7 Å². The predicted octanol–water partition coefficient (Wildman–Crippen LogP) is 5.31. The largest absolute Gasteiger partial charge is 0.448 e. The number of morpholine rings is 1. The van der Waals surface area contributed by atoms with E-state index in [1.807, 2.05) is 24.3 Å². The Bertz CT molecular complexity index is 1370. The van der Waals surface area contributed by atoms with Crippen LogP contribution in [0.3, 0.4) is 0 Å². The number of carbonyl (C=O) groups excluding carboxylic acids is 2. The van der Waals surface area contributed by atoms with Crippen LogP contribution in [-0.4, -0.2) is 48.7 Å². The lowest BCUT2D eigenvalue weighted by atomic mass is 9.80. The molecule has 2 fully saturated rings. The third kappa shape index (κ3) is 4.08. The van der Waals surface area contributed by atoms with Gasteiger partial charge in [0.25, 0.3) is 0 Å². The van der Waals surface area contributed by atoms with Gasteiger partial charge in [-0.1, -0.05) is 48.5 Å². The number of rotatable bonds is 4. The number of hydrogen-bond acceptors (Lipinski definition) is 5. The second-order valence-electron chi connectivity index (χ2n) is 9.90. The highest BCUT2D eigenvalue weighted by atomic mass is 19.1. The lowest BCUT2D eigenvalue weighted by Crippen LogP contribution is -2.60. The Morgan fingerprint density at radius 3 is 2.19 bits per heavy atom. The molecule has 2 bridgehead atoms. The summed E-state index contributed by atoms with van der Waals surface area (Å²) >= 11 is 0. The van der Waals surface area contributed by atoms with Gasteiger partial charge in [-0.2, -0.15) is 5.26 Å². The summed E-state index contributed by atoms with van der Waals surface area (Å²) < 4.78 is 25.7. The maximum Gasteiger partial charge on any atom is 0.410 e. The molecule has 6 rings (SSSR count). The van der Waals surface area contributed by atoms with Crippen molar-refractivity contribution < 1.29 is 23.5 Å². The van der Waals surface area contributed by atoms with E-state index in [2.05, 4.69) is 24.3 Å². The molecule has 0 N–H and O–H groups in total. The molecule has 1 amide bonds. The van der Waals surface area contributed by atoms with E-state index in [0.29, 0.717) is 26.1 Å². The van der Waals surface area contributed by atoms with Crippen molar-refractivity contribution in [3.8, 4) is 17.2 Å². The van der Waals surface area contributed by atoms with Crippen molar-refractivity contribution in [1.82, 2.24) is 4.90 Å². The van der Waals surface area contributed by atoms with Gasteiger partial charge in [0.05, 0.1) is 30.9 Å². The average molecular weight is 497 g/mol. The summed E-state index contributed by atoms with van der Waals surface area (Å²) in [5, 5.41) is 8.96. The monoisotopic (exact) mass is 496 g/mol. The van der Waals surface area contributed by atoms with Crippen molar-refractivity contribution in [3.05, 3.63) is 94.8 Å². The minimum atomic E-state index is -0.701. The van der Waals surface area contributed by atoms with Crippen LogP contribution >= 0.6 is 0 Å². The third-order valence-corrected chi connectivity index (χ3v) is 7.81. The molecule has 2 heterocycles. The highest BCUT2D eigenvalue weighted by Crippen LogP contribution is 2.44. The minimum Gasteiger partial charge on any atom is -0.448 e. The second-order valence-corrected chi connectivity index (χ2v) is 9.90. The van der Waals surface area contributed by atoms with E-state index in [9.17, 15) is 14.0 Å². The molecule has 3 aliphatic rings. The van der Waals surface area contributed by atoms with Crippen LogP contribution in [0.1, 0.15) is 45.8 Å². The van der Waals surface area contributed by atoms with Crippen LogP contribution in [0.4, 0.5) is 9.18 Å². The molecule has 2 aliphatic heterocycles. The average Bonchev–Trinajstić information content (AvgIpc) is 3.24. The van der Waals surface area contributed by atoms with Gasteiger partial charge in [0.2, 0.25) is 0 Å². The Labute approximate surface area is 214 Å². The van der Waals surface area contributed by atoms with Crippen LogP contribution in [0, 0.1) is 23.1 Å². The topological polar surface area (TPSA) is 79.6 Å². The molecule has 2 saturated heterocycles. The molecule has 1 aliphatic carbocycles. The number of Topliss-reactive ketones (excluding diaryl/α,β-unsaturated/α-hetero) is 1. The number of piperidine rings is 1. The Hall–Kier alpha value is -4.02. The molecule has 186 valence electrons. The fourth-order valence-corrected chi connectivity index (χ4v) is 6.09. The first-order valence-electron chi connectivity index (χ1n) is 12.5. The SMILES string of the molecule is N#Cc1ccc(C(=O)C2CC3COCC(C2)N3C(=O)OCC2c3ccccc3-c3ccccc32)cc1F. The highest BCUT2D eigenvalue weighted by Gasteiger charge is 2.45. The van der Waals surface area contributed by atoms with E-state index in [0.717, 1.165) is 17.2 Å². The highest BCUT2D eigenvalue weighted by molar-refractivity contribution is 5.98. The lowest BCUT2D eigenvalue weighted by Gasteiger charge is -2.47. The van der Waals surface area contributed by atoms with Crippen molar-refractivity contribution in [2.45, 2.75) is 30.8 Å². The van der Waals surface area contributed by atoms with Crippen molar-refractivity contribution in [3.63, 3.8) is 0 Å². The standard InChI is InChI=1S/C30H25FN2O4/c31-28-13-18(9-10-19(28)14-32)29(34)20-11-21-15-36-16-22(12-20)33(21)30(35)37-17-27-25-7-3-1-5-23(25)24-6-2-4-8-26(24)27/h1-10,13,20-22,27H,11-12,15-17H2. The van der Waals surface area contributed by atoms with Crippen molar-refractivity contribution in [2.75, 3.05) is 19.8 Å². The fourth-order valence-electron chi connectivity index (χ4n) is 6.09. The number of halogens is 1. The van der Waals surface area contributed by atoms with Gasteiger partial charge < -0.3 is 9.47 Å². The molecule has 6 nitrogen and oxygen atoms in total. The summed E-state index contributed by atoms with van der Waals surface area (Å²) in [5.41, 5.74) is 4.80. The number of nitrogens with zero attached hydrogens (tertiary/aromatic N) is 2. The predicted molar refractivity (Wildman–Crippen MR) is 133 cm³/mol. The third-order valence-electron chi connectivity index (χ3n) is 7.81. The van der Waals surface area contributed by atoms with Gasteiger partial charge in [-0.15, -0.1) is 0 Å². The second kappa shape index (κ2) is 9.45. The zero-order valence-corrected chi connectivity index (χ0v) is 20.1. The summed E-state index contributed by atoms with van der Waals surface area (Å²) in [6, 6.07) is 21.5. The van der Waals surface area contributed by atoms with Gasteiger partial charge in [-0.25, -0.2) is 9.18 Å². The molecule has 3 aromatic rings. The number of ketones is 1. The maximum absolute atomic E-state index is 14.1. The van der Waals surface area contributed by atoms with E-state index in [-0.39, 0.29) is 47.4 Å². The van der Waals surface area contributed by atoms with Crippen LogP contribution in [0.25, 0.3) is 11.1 Å². The number of amides is 1. The molecule has 0 radical (unpaired) electrons. The molecular formula is C30H25FN2O4. The smallest absolute Gasteiger partial charge is 0.410 e.